The van der Waals surface area contributed by atoms with E-state index in [9.17, 15) is 24.3 Å². The summed E-state index contributed by atoms with van der Waals surface area (Å²) in [4.78, 5) is 51.7. The fraction of sp³-hybridized carbons (Fsp3) is 0.846. The molecule has 5 aliphatic rings. The van der Waals surface area contributed by atoms with Crippen LogP contribution in [-0.2, 0) is 19.1 Å². The zero-order valence-corrected chi connectivity index (χ0v) is 31.0. The van der Waals surface area contributed by atoms with Gasteiger partial charge in [-0.05, 0) is 130 Å². The van der Waals surface area contributed by atoms with Gasteiger partial charge in [0.15, 0.2) is 5.78 Å². The lowest BCUT2D eigenvalue weighted by molar-refractivity contribution is -0.232. The number of carbonyl (C=O) groups is 4. The molecule has 0 spiro atoms. The van der Waals surface area contributed by atoms with Crippen LogP contribution in [-0.4, -0.2) is 46.5 Å². The van der Waals surface area contributed by atoms with Crippen molar-refractivity contribution in [2.45, 2.75) is 158 Å². The Morgan fingerprint density at radius 1 is 0.894 bits per heavy atom. The molecule has 0 saturated heterocycles. The molecular weight excluding hydrogens is 592 g/mol. The maximum Gasteiger partial charge on any atom is 0.315 e. The second-order valence-corrected chi connectivity index (χ2v) is 18.7. The van der Waals surface area contributed by atoms with Crippen LogP contribution in [0.2, 0.25) is 0 Å². The third-order valence-electron chi connectivity index (χ3n) is 14.6. The van der Waals surface area contributed by atoms with Crippen LogP contribution in [0.3, 0.4) is 0 Å². The van der Waals surface area contributed by atoms with E-state index in [1.54, 1.807) is 13.8 Å². The molecule has 4 saturated carbocycles. The molecule has 0 radical (unpaired) electrons. The number of fused-ring (bicyclic) bond motifs is 7. The summed E-state index contributed by atoms with van der Waals surface area (Å²) in [6.45, 7) is 23.4. The van der Waals surface area contributed by atoms with E-state index in [2.05, 4.69) is 59.1 Å². The summed E-state index contributed by atoms with van der Waals surface area (Å²) in [5, 5.41) is 16.0. The molecule has 8 atom stereocenters. The summed E-state index contributed by atoms with van der Waals surface area (Å²) in [7, 11) is 0. The first-order chi connectivity index (χ1) is 21.6. The van der Waals surface area contributed by atoms with Crippen LogP contribution in [0.1, 0.15) is 140 Å². The number of rotatable bonds is 7. The van der Waals surface area contributed by atoms with Gasteiger partial charge < -0.3 is 20.5 Å². The predicted octanol–water partition coefficient (Wildman–Crippen LogP) is 7.84. The van der Waals surface area contributed by atoms with Gasteiger partial charge in [0.1, 0.15) is 6.10 Å². The number of hydrogen-bond donors (Lipinski definition) is 3. The number of aliphatic carboxylic acids is 1. The number of ketones is 1. The van der Waals surface area contributed by atoms with Gasteiger partial charge in [-0.25, -0.2) is 4.79 Å². The Morgan fingerprint density at radius 2 is 1.55 bits per heavy atom. The molecule has 5 aliphatic carbocycles. The van der Waals surface area contributed by atoms with E-state index in [0.29, 0.717) is 18.3 Å². The molecule has 2 amide bonds. The normalized spacial score (nSPS) is 39.5. The molecule has 0 aromatic rings. The smallest absolute Gasteiger partial charge is 0.315 e. The molecule has 0 heterocycles. The lowest BCUT2D eigenvalue weighted by Crippen LogP contribution is -2.67. The van der Waals surface area contributed by atoms with Gasteiger partial charge in [0.2, 0.25) is 0 Å². The molecule has 0 unspecified atom stereocenters. The number of esters is 1. The number of hydrogen-bond acceptors (Lipinski definition) is 5. The van der Waals surface area contributed by atoms with Crippen molar-refractivity contribution in [2.75, 3.05) is 0 Å². The summed E-state index contributed by atoms with van der Waals surface area (Å²) in [6, 6.07) is -0.169. The van der Waals surface area contributed by atoms with Gasteiger partial charge in [-0.2, -0.15) is 0 Å². The fourth-order valence-corrected chi connectivity index (χ4v) is 12.1. The van der Waals surface area contributed by atoms with Crippen molar-refractivity contribution < 1.29 is 29.0 Å². The molecule has 0 aromatic heterocycles. The van der Waals surface area contributed by atoms with Crippen molar-refractivity contribution in [2.24, 2.45) is 50.7 Å². The molecule has 0 aromatic carbocycles. The molecule has 47 heavy (non-hydrogen) atoms. The van der Waals surface area contributed by atoms with Gasteiger partial charge in [-0.1, -0.05) is 48.5 Å². The van der Waals surface area contributed by atoms with E-state index < -0.39 is 22.9 Å². The summed E-state index contributed by atoms with van der Waals surface area (Å²) < 4.78 is 6.13. The number of ether oxygens (including phenoxy) is 1. The van der Waals surface area contributed by atoms with Gasteiger partial charge in [-0.15, -0.1) is 0 Å². The molecule has 264 valence electrons. The van der Waals surface area contributed by atoms with Crippen molar-refractivity contribution in [1.29, 1.82) is 0 Å². The average Bonchev–Trinajstić information content (AvgIpc) is 3.21. The van der Waals surface area contributed by atoms with E-state index in [4.69, 9.17) is 4.74 Å². The minimum absolute atomic E-state index is 0.0130. The summed E-state index contributed by atoms with van der Waals surface area (Å²) >= 11 is 0. The number of carboxylic acids is 1. The molecule has 0 bridgehead atoms. The molecule has 8 nitrogen and oxygen atoms in total. The van der Waals surface area contributed by atoms with Crippen LogP contribution < -0.4 is 10.6 Å². The standard InChI is InChI=1S/C39H62N2O6/c1-22(2)30-25(42)20-39(41-33(46)40-23(3)4)19-18-37(10)24(31(30)39)12-13-27-36(9)16-15-28(47-29(43)21-34(5,6)32(44)45)35(7,8)26(36)14-17-38(27,37)11/h22-24,26-28H,12-21H2,1-11H3,(H,44,45)(H2,40,41,46)/t24-,26+,27-,28+,36+,37-,38-,39-/m1/s1. The zero-order valence-electron chi connectivity index (χ0n) is 31.0. The number of urea groups is 1. The first-order valence-electron chi connectivity index (χ1n) is 18.3. The van der Waals surface area contributed by atoms with Gasteiger partial charge in [0, 0.05) is 17.9 Å². The molecular formula is C39H62N2O6. The Morgan fingerprint density at radius 3 is 2.15 bits per heavy atom. The SMILES string of the molecule is CC(C)NC(=O)N[C@@]12CC[C@]3(C)[C@H](CC[C@@H]4[C@@]5(C)CC[C@H](OC(=O)CC(C)(C)C(=O)O)C(C)(C)[C@@H]5CC[C@]43C)C1=C(C(C)C)C(=O)C2. The van der Waals surface area contributed by atoms with Gasteiger partial charge in [0.25, 0.3) is 0 Å². The third kappa shape index (κ3) is 5.46. The Bertz CT molecular complexity index is 1360. The van der Waals surface area contributed by atoms with E-state index in [-0.39, 0.29) is 63.9 Å². The molecule has 4 fully saturated rings. The summed E-state index contributed by atoms with van der Waals surface area (Å²) in [6.07, 6.45) is 7.70. The van der Waals surface area contributed by atoms with Crippen molar-refractivity contribution in [3.05, 3.63) is 11.1 Å². The zero-order chi connectivity index (χ0) is 35.1. The van der Waals surface area contributed by atoms with Crippen molar-refractivity contribution >= 4 is 23.8 Å². The van der Waals surface area contributed by atoms with Gasteiger partial charge in [0.05, 0.1) is 17.4 Å². The first kappa shape index (κ1) is 35.9. The highest BCUT2D eigenvalue weighted by Crippen LogP contribution is 2.75. The highest BCUT2D eigenvalue weighted by Gasteiger charge is 2.70. The quantitative estimate of drug-likeness (QED) is 0.241. The summed E-state index contributed by atoms with van der Waals surface area (Å²) in [5.41, 5.74) is 0.293. The van der Waals surface area contributed by atoms with Crippen molar-refractivity contribution in [1.82, 2.24) is 10.6 Å². The van der Waals surface area contributed by atoms with Crippen LogP contribution in [0.4, 0.5) is 4.79 Å². The Labute approximate surface area is 283 Å². The fourth-order valence-electron chi connectivity index (χ4n) is 12.1. The highest BCUT2D eigenvalue weighted by molar-refractivity contribution is 6.02. The lowest BCUT2D eigenvalue weighted by atomic mass is 9.33. The maximum absolute atomic E-state index is 13.8. The molecule has 5 rings (SSSR count). The number of Topliss-reactive ketones (excluding diaryl/α,β-unsaturated/α-hetero) is 1. The Balaban J connectivity index is 1.45. The van der Waals surface area contributed by atoms with E-state index >= 15 is 0 Å². The molecule has 3 N–H and O–H groups in total. The topological polar surface area (TPSA) is 122 Å². The van der Waals surface area contributed by atoms with Crippen LogP contribution >= 0.6 is 0 Å². The lowest BCUT2D eigenvalue weighted by Gasteiger charge is -2.72. The van der Waals surface area contributed by atoms with Crippen LogP contribution in [0, 0.1) is 50.7 Å². The number of carbonyl (C=O) groups excluding carboxylic acids is 3. The van der Waals surface area contributed by atoms with E-state index in [0.717, 1.165) is 56.9 Å². The summed E-state index contributed by atoms with van der Waals surface area (Å²) in [5.74, 6) is -0.00745. The predicted molar refractivity (Wildman–Crippen MR) is 182 cm³/mol. The highest BCUT2D eigenvalue weighted by atomic mass is 16.5. The van der Waals surface area contributed by atoms with E-state index in [1.165, 1.54) is 5.57 Å². The first-order valence-corrected chi connectivity index (χ1v) is 18.3. The molecule has 0 aliphatic heterocycles. The Kier molecular flexibility index (Phi) is 8.87. The van der Waals surface area contributed by atoms with Crippen molar-refractivity contribution in [3.63, 3.8) is 0 Å². The number of nitrogens with one attached hydrogen (secondary N) is 2. The van der Waals surface area contributed by atoms with Crippen LogP contribution in [0.5, 0.6) is 0 Å². The minimum atomic E-state index is -1.16. The van der Waals surface area contributed by atoms with Crippen molar-refractivity contribution in [3.8, 4) is 0 Å². The Hall–Kier alpha value is -2.38. The minimum Gasteiger partial charge on any atom is -0.481 e. The number of allylic oxidation sites excluding steroid dienone is 1. The van der Waals surface area contributed by atoms with Crippen LogP contribution in [0.25, 0.3) is 0 Å². The second-order valence-electron chi connectivity index (χ2n) is 18.7. The monoisotopic (exact) mass is 654 g/mol. The van der Waals surface area contributed by atoms with E-state index in [1.807, 2.05) is 13.8 Å². The molecule has 8 heteroatoms. The largest absolute Gasteiger partial charge is 0.481 e. The average molecular weight is 655 g/mol. The third-order valence-corrected chi connectivity index (χ3v) is 14.6. The van der Waals surface area contributed by atoms with Gasteiger partial charge in [-0.3, -0.25) is 14.4 Å². The maximum atomic E-state index is 13.8. The number of amides is 2. The number of carboxylic acid groups (broad SMARTS) is 1. The van der Waals surface area contributed by atoms with Crippen LogP contribution in [0.15, 0.2) is 11.1 Å². The van der Waals surface area contributed by atoms with Gasteiger partial charge >= 0.3 is 18.0 Å². The second kappa shape index (κ2) is 11.6.